The zero-order valence-electron chi connectivity index (χ0n) is 6.25. The van der Waals surface area contributed by atoms with E-state index in [1.807, 2.05) is 13.1 Å². The lowest BCUT2D eigenvalue weighted by molar-refractivity contribution is 0.777. The van der Waals surface area contributed by atoms with E-state index in [1.165, 1.54) is 0 Å². The van der Waals surface area contributed by atoms with Gasteiger partial charge in [0.25, 0.3) is 0 Å². The number of aryl methyl sites for hydroxylation is 1. The van der Waals surface area contributed by atoms with Gasteiger partial charge in [0.1, 0.15) is 3.70 Å². The number of hydrogen-bond acceptors (Lipinski definition) is 2. The predicted octanol–water partition coefficient (Wildman–Crippen LogP) is 2.34. The van der Waals surface area contributed by atoms with Crippen LogP contribution < -0.4 is 0 Å². The lowest BCUT2D eigenvalue weighted by Crippen LogP contribution is -1.91. The quantitative estimate of drug-likeness (QED) is 0.691. The van der Waals surface area contributed by atoms with E-state index in [2.05, 4.69) is 48.6 Å². The smallest absolute Gasteiger partial charge is 0.158 e. The van der Waals surface area contributed by atoms with Gasteiger partial charge < -0.3 is 0 Å². The molecule has 0 fully saturated rings. The fraction of sp³-hybridized carbons (Fsp3) is 0.143. The van der Waals surface area contributed by atoms with Gasteiger partial charge in [0, 0.05) is 17.7 Å². The largest absolute Gasteiger partial charge is 0.249 e. The Morgan fingerprint density at radius 2 is 2.33 bits per heavy atom. The molecule has 2 heterocycles. The average Bonchev–Trinajstić information content (AvgIpc) is 2.28. The van der Waals surface area contributed by atoms with Crippen LogP contribution in [-0.4, -0.2) is 14.8 Å². The summed E-state index contributed by atoms with van der Waals surface area (Å²) >= 11 is 5.58. The number of hydrogen-bond donors (Lipinski definition) is 0. The summed E-state index contributed by atoms with van der Waals surface area (Å²) in [4.78, 5) is 4.25. The van der Waals surface area contributed by atoms with E-state index < -0.39 is 0 Å². The van der Waals surface area contributed by atoms with Crippen molar-refractivity contribution in [2.75, 3.05) is 0 Å². The van der Waals surface area contributed by atoms with Crippen LogP contribution in [0.15, 0.2) is 16.7 Å². The summed E-state index contributed by atoms with van der Waals surface area (Å²) in [6.45, 7) is 0. The fourth-order valence-corrected chi connectivity index (χ4v) is 2.13. The normalized spacial score (nSPS) is 10.9. The van der Waals surface area contributed by atoms with Crippen molar-refractivity contribution in [2.24, 2.45) is 7.05 Å². The van der Waals surface area contributed by atoms with Crippen molar-refractivity contribution >= 4 is 49.6 Å². The van der Waals surface area contributed by atoms with Gasteiger partial charge in [0.05, 0.1) is 5.39 Å². The first-order valence-corrected chi connectivity index (χ1v) is 5.19. The molecule has 62 valence electrons. The molecule has 0 atom stereocenters. The third-order valence-corrected chi connectivity index (χ3v) is 2.83. The van der Waals surface area contributed by atoms with E-state index in [4.69, 9.17) is 0 Å². The maximum atomic E-state index is 4.25. The van der Waals surface area contributed by atoms with Gasteiger partial charge in [-0.05, 0) is 44.6 Å². The molecule has 0 saturated heterocycles. The summed E-state index contributed by atoms with van der Waals surface area (Å²) in [5.41, 5.74) is 0.919. The molecule has 2 aromatic rings. The van der Waals surface area contributed by atoms with Crippen molar-refractivity contribution in [3.63, 3.8) is 0 Å². The Kier molecular flexibility index (Phi) is 2.07. The summed E-state index contributed by atoms with van der Waals surface area (Å²) in [6, 6.07) is 2.02. The van der Waals surface area contributed by atoms with Gasteiger partial charge in [-0.25, -0.2) is 9.67 Å². The molecule has 0 radical (unpaired) electrons. The van der Waals surface area contributed by atoms with Crippen molar-refractivity contribution < 1.29 is 0 Å². The predicted molar refractivity (Wildman–Crippen MR) is 58.9 cm³/mol. The number of pyridine rings is 1. The molecule has 2 aromatic heterocycles. The SMILES string of the molecule is Cn1nc(I)c2cc(Br)cnc21. The van der Waals surface area contributed by atoms with Crippen LogP contribution >= 0.6 is 38.5 Å². The van der Waals surface area contributed by atoms with E-state index in [0.717, 1.165) is 19.2 Å². The molecule has 12 heavy (non-hydrogen) atoms. The van der Waals surface area contributed by atoms with Crippen LogP contribution in [0.4, 0.5) is 0 Å². The van der Waals surface area contributed by atoms with Crippen LogP contribution in [0.5, 0.6) is 0 Å². The first-order chi connectivity index (χ1) is 5.68. The van der Waals surface area contributed by atoms with E-state index in [-0.39, 0.29) is 0 Å². The van der Waals surface area contributed by atoms with Crippen LogP contribution in [0.3, 0.4) is 0 Å². The molecule has 2 rings (SSSR count). The Morgan fingerprint density at radius 3 is 3.08 bits per heavy atom. The molecule has 0 unspecified atom stereocenters. The molecule has 0 saturated carbocycles. The Morgan fingerprint density at radius 1 is 1.58 bits per heavy atom. The van der Waals surface area contributed by atoms with Gasteiger partial charge in [-0.1, -0.05) is 0 Å². The number of rotatable bonds is 0. The van der Waals surface area contributed by atoms with E-state index in [1.54, 1.807) is 10.9 Å². The lowest BCUT2D eigenvalue weighted by atomic mass is 10.4. The molecular formula is C7H5BrIN3. The number of nitrogens with zero attached hydrogens (tertiary/aromatic N) is 3. The van der Waals surface area contributed by atoms with Crippen molar-refractivity contribution in [3.05, 3.63) is 20.4 Å². The highest BCUT2D eigenvalue weighted by atomic mass is 127. The van der Waals surface area contributed by atoms with Crippen LogP contribution in [0, 0.1) is 3.70 Å². The Bertz CT molecular complexity index is 437. The van der Waals surface area contributed by atoms with Crippen molar-refractivity contribution in [1.29, 1.82) is 0 Å². The first-order valence-electron chi connectivity index (χ1n) is 3.32. The van der Waals surface area contributed by atoms with E-state index >= 15 is 0 Å². The molecule has 0 aliphatic heterocycles. The Labute approximate surface area is 91.4 Å². The van der Waals surface area contributed by atoms with Gasteiger partial charge in [0.15, 0.2) is 5.65 Å². The molecule has 0 amide bonds. The zero-order chi connectivity index (χ0) is 8.72. The molecule has 5 heteroatoms. The number of aromatic nitrogens is 3. The molecule has 0 aromatic carbocycles. The third kappa shape index (κ3) is 1.24. The highest BCUT2D eigenvalue weighted by Crippen LogP contribution is 2.20. The van der Waals surface area contributed by atoms with Crippen molar-refractivity contribution in [3.8, 4) is 0 Å². The molecule has 0 aliphatic rings. The topological polar surface area (TPSA) is 30.7 Å². The van der Waals surface area contributed by atoms with Gasteiger partial charge >= 0.3 is 0 Å². The van der Waals surface area contributed by atoms with E-state index in [0.29, 0.717) is 0 Å². The summed E-state index contributed by atoms with van der Waals surface area (Å²) in [7, 11) is 1.89. The monoisotopic (exact) mass is 337 g/mol. The van der Waals surface area contributed by atoms with Crippen molar-refractivity contribution in [1.82, 2.24) is 14.8 Å². The highest BCUT2D eigenvalue weighted by Gasteiger charge is 2.06. The van der Waals surface area contributed by atoms with Crippen LogP contribution in [-0.2, 0) is 7.05 Å². The van der Waals surface area contributed by atoms with Gasteiger partial charge in [-0.15, -0.1) is 0 Å². The molecule has 0 aliphatic carbocycles. The lowest BCUT2D eigenvalue weighted by Gasteiger charge is -1.92. The third-order valence-electron chi connectivity index (χ3n) is 1.60. The molecule has 3 nitrogen and oxygen atoms in total. The summed E-state index contributed by atoms with van der Waals surface area (Å²) in [5, 5.41) is 5.34. The minimum absolute atomic E-state index is 0.919. The maximum Gasteiger partial charge on any atom is 0.158 e. The molecule has 0 bridgehead atoms. The van der Waals surface area contributed by atoms with E-state index in [9.17, 15) is 0 Å². The minimum atomic E-state index is 0.919. The Hall–Kier alpha value is -0.170. The fourth-order valence-electron chi connectivity index (χ4n) is 1.07. The summed E-state index contributed by atoms with van der Waals surface area (Å²) in [6.07, 6.45) is 1.78. The zero-order valence-corrected chi connectivity index (χ0v) is 10.00. The standard InChI is InChI=1S/C7H5BrIN3/c1-12-7-5(6(9)11-12)2-4(8)3-10-7/h2-3H,1H3. The van der Waals surface area contributed by atoms with Crippen LogP contribution in [0.25, 0.3) is 11.0 Å². The summed E-state index contributed by atoms with van der Waals surface area (Å²) in [5.74, 6) is 0. The second-order valence-electron chi connectivity index (χ2n) is 2.44. The molecular weight excluding hydrogens is 333 g/mol. The van der Waals surface area contributed by atoms with Gasteiger partial charge in [-0.3, -0.25) is 0 Å². The minimum Gasteiger partial charge on any atom is -0.249 e. The molecule has 0 spiro atoms. The van der Waals surface area contributed by atoms with Gasteiger partial charge in [-0.2, -0.15) is 5.10 Å². The van der Waals surface area contributed by atoms with Crippen LogP contribution in [0.1, 0.15) is 0 Å². The maximum absolute atomic E-state index is 4.25. The average molecular weight is 338 g/mol. The second-order valence-corrected chi connectivity index (χ2v) is 4.38. The van der Waals surface area contributed by atoms with Crippen molar-refractivity contribution in [2.45, 2.75) is 0 Å². The van der Waals surface area contributed by atoms with Crippen LogP contribution in [0.2, 0.25) is 0 Å². The second kappa shape index (κ2) is 2.95. The molecule has 0 N–H and O–H groups in total. The number of halogens is 2. The highest BCUT2D eigenvalue weighted by molar-refractivity contribution is 14.1. The van der Waals surface area contributed by atoms with Gasteiger partial charge in [0.2, 0.25) is 0 Å². The first kappa shape index (κ1) is 8.43. The Balaban J connectivity index is 2.90. The summed E-state index contributed by atoms with van der Waals surface area (Å²) < 4.78 is 3.75. The number of fused-ring (bicyclic) bond motifs is 1.